The molecular formula is C42H85IO11. The molecule has 0 aliphatic rings. The van der Waals surface area contributed by atoms with Crippen molar-refractivity contribution in [1.29, 1.82) is 0 Å². The van der Waals surface area contributed by atoms with Crippen LogP contribution in [-0.4, -0.2) is 150 Å². The first kappa shape index (κ1) is 54.3. The average molecular weight is 893 g/mol. The lowest BCUT2D eigenvalue weighted by Crippen LogP contribution is -2.15. The second kappa shape index (κ2) is 53.3. The first-order valence-electron chi connectivity index (χ1n) is 21.8. The third-order valence-electron chi connectivity index (χ3n) is 8.53. The molecule has 0 saturated carbocycles. The minimum Gasteiger partial charge on any atom is -0.379 e. The van der Waals surface area contributed by atoms with Crippen LogP contribution >= 0.6 is 22.6 Å². The lowest BCUT2D eigenvalue weighted by molar-refractivity contribution is -0.0275. The van der Waals surface area contributed by atoms with E-state index in [0.29, 0.717) is 132 Å². The number of ether oxygens (including phenoxy) is 11. The second-order valence-electron chi connectivity index (χ2n) is 13.4. The first-order valence-corrected chi connectivity index (χ1v) is 23.4. The molecular weight excluding hydrogens is 807 g/mol. The van der Waals surface area contributed by atoms with Crippen molar-refractivity contribution in [2.24, 2.45) is 0 Å². The molecule has 0 radical (unpaired) electrons. The molecule has 0 unspecified atom stereocenters. The molecule has 0 aliphatic heterocycles. The van der Waals surface area contributed by atoms with Crippen LogP contribution in [0.25, 0.3) is 0 Å². The van der Waals surface area contributed by atoms with Crippen molar-refractivity contribution in [3.8, 4) is 0 Å². The minimum atomic E-state index is 0.528. The zero-order valence-corrected chi connectivity index (χ0v) is 37.0. The average Bonchev–Trinajstić information content (AvgIpc) is 3.18. The van der Waals surface area contributed by atoms with E-state index in [1.54, 1.807) is 0 Å². The van der Waals surface area contributed by atoms with Gasteiger partial charge in [-0.2, -0.15) is 0 Å². The zero-order valence-electron chi connectivity index (χ0n) is 34.9. The predicted molar refractivity (Wildman–Crippen MR) is 227 cm³/mol. The number of unbranched alkanes of at least 4 members (excludes halogenated alkanes) is 16. The highest BCUT2D eigenvalue weighted by molar-refractivity contribution is 14.1. The highest BCUT2D eigenvalue weighted by Gasteiger charge is 1.98. The van der Waals surface area contributed by atoms with E-state index >= 15 is 0 Å². The van der Waals surface area contributed by atoms with Gasteiger partial charge in [0.05, 0.1) is 132 Å². The zero-order chi connectivity index (χ0) is 38.8. The lowest BCUT2D eigenvalue weighted by atomic mass is 10.0. The molecule has 0 saturated heterocycles. The van der Waals surface area contributed by atoms with E-state index in [0.717, 1.165) is 26.1 Å². The molecule has 0 N–H and O–H groups in total. The Balaban J connectivity index is 3.05. The van der Waals surface area contributed by atoms with Gasteiger partial charge in [-0.25, -0.2) is 0 Å². The Morgan fingerprint density at radius 2 is 0.370 bits per heavy atom. The van der Waals surface area contributed by atoms with Gasteiger partial charge in [-0.1, -0.05) is 126 Å². The highest BCUT2D eigenvalue weighted by Crippen LogP contribution is 2.13. The predicted octanol–water partition coefficient (Wildman–Crippen LogP) is 8.65. The number of alkyl halides is 1. The summed E-state index contributed by atoms with van der Waals surface area (Å²) in [5, 5.41) is 0. The van der Waals surface area contributed by atoms with E-state index in [4.69, 9.17) is 52.1 Å². The summed E-state index contributed by atoms with van der Waals surface area (Å²) in [5.41, 5.74) is 0. The van der Waals surface area contributed by atoms with Crippen LogP contribution in [0.1, 0.15) is 122 Å². The lowest BCUT2D eigenvalue weighted by Gasteiger charge is -2.09. The van der Waals surface area contributed by atoms with E-state index in [9.17, 15) is 0 Å². The number of hydrogen-bond acceptors (Lipinski definition) is 11. The molecule has 0 aromatic rings. The van der Waals surface area contributed by atoms with Crippen LogP contribution in [0.4, 0.5) is 0 Å². The molecule has 0 fully saturated rings. The van der Waals surface area contributed by atoms with E-state index in [2.05, 4.69) is 29.5 Å². The van der Waals surface area contributed by atoms with Crippen LogP contribution < -0.4 is 0 Å². The number of halogens is 1. The summed E-state index contributed by atoms with van der Waals surface area (Å²) in [5.74, 6) is 0. The maximum Gasteiger partial charge on any atom is 0.0701 e. The number of hydrogen-bond donors (Lipinski definition) is 0. The van der Waals surface area contributed by atoms with Gasteiger partial charge in [0.25, 0.3) is 0 Å². The van der Waals surface area contributed by atoms with Crippen molar-refractivity contribution < 1.29 is 52.1 Å². The van der Waals surface area contributed by atoms with Crippen LogP contribution in [0.15, 0.2) is 0 Å². The van der Waals surface area contributed by atoms with Gasteiger partial charge < -0.3 is 52.1 Å². The first-order chi connectivity index (χ1) is 26.9. The van der Waals surface area contributed by atoms with Gasteiger partial charge in [0.15, 0.2) is 0 Å². The summed E-state index contributed by atoms with van der Waals surface area (Å²) in [6.07, 6.45) is 24.3. The van der Waals surface area contributed by atoms with Gasteiger partial charge in [0.2, 0.25) is 0 Å². The quantitative estimate of drug-likeness (QED) is 0.0333. The van der Waals surface area contributed by atoms with Gasteiger partial charge >= 0.3 is 0 Å². The van der Waals surface area contributed by atoms with Gasteiger partial charge in [0.1, 0.15) is 0 Å². The van der Waals surface area contributed by atoms with Crippen LogP contribution in [0.2, 0.25) is 0 Å². The molecule has 0 aliphatic carbocycles. The summed E-state index contributed by atoms with van der Waals surface area (Å²) < 4.78 is 62.2. The van der Waals surface area contributed by atoms with E-state index in [-0.39, 0.29) is 0 Å². The molecule has 0 heterocycles. The van der Waals surface area contributed by atoms with E-state index in [1.165, 1.54) is 107 Å². The molecule has 0 amide bonds. The Morgan fingerprint density at radius 3 is 0.574 bits per heavy atom. The van der Waals surface area contributed by atoms with Crippen LogP contribution in [0, 0.1) is 0 Å². The summed E-state index contributed by atoms with van der Waals surface area (Å²) in [6.45, 7) is 15.2. The SMILES string of the molecule is CCCCCCCCCCCCCCCCOCCOCCOCCOCCOCCOCCOCCOCCOCCOCCOCCCCCCI. The van der Waals surface area contributed by atoms with Crippen molar-refractivity contribution in [3.05, 3.63) is 0 Å². The normalized spacial score (nSPS) is 11.7. The molecule has 12 heteroatoms. The largest absolute Gasteiger partial charge is 0.379 e. The van der Waals surface area contributed by atoms with E-state index < -0.39 is 0 Å². The maximum atomic E-state index is 5.69. The Hall–Kier alpha value is 0.290. The molecule has 0 aromatic heterocycles. The Morgan fingerprint density at radius 1 is 0.204 bits per heavy atom. The van der Waals surface area contributed by atoms with Gasteiger partial charge in [-0.15, -0.1) is 0 Å². The third kappa shape index (κ3) is 52.3. The molecule has 0 spiro atoms. The minimum absolute atomic E-state index is 0.528. The van der Waals surface area contributed by atoms with Crippen LogP contribution in [0.3, 0.4) is 0 Å². The Bertz CT molecular complexity index is 587. The smallest absolute Gasteiger partial charge is 0.0701 e. The topological polar surface area (TPSA) is 102 Å². The van der Waals surface area contributed by atoms with Gasteiger partial charge in [-0.3, -0.25) is 0 Å². The second-order valence-corrected chi connectivity index (χ2v) is 14.5. The summed E-state index contributed by atoms with van der Waals surface area (Å²) >= 11 is 2.42. The van der Waals surface area contributed by atoms with Gasteiger partial charge in [0, 0.05) is 13.2 Å². The monoisotopic (exact) mass is 893 g/mol. The maximum absolute atomic E-state index is 5.69. The Labute approximate surface area is 345 Å². The highest BCUT2D eigenvalue weighted by atomic mass is 127. The summed E-state index contributed by atoms with van der Waals surface area (Å²) in [4.78, 5) is 0. The van der Waals surface area contributed by atoms with Crippen molar-refractivity contribution in [1.82, 2.24) is 0 Å². The summed E-state index contributed by atoms with van der Waals surface area (Å²) in [6, 6.07) is 0. The number of rotatable bonds is 51. The molecule has 0 aromatic carbocycles. The fourth-order valence-corrected chi connectivity index (χ4v) is 5.89. The molecule has 326 valence electrons. The molecule has 0 atom stereocenters. The summed E-state index contributed by atoms with van der Waals surface area (Å²) in [7, 11) is 0. The van der Waals surface area contributed by atoms with Gasteiger partial charge in [-0.05, 0) is 23.7 Å². The van der Waals surface area contributed by atoms with Crippen molar-refractivity contribution >= 4 is 22.6 Å². The molecule has 54 heavy (non-hydrogen) atoms. The van der Waals surface area contributed by atoms with Crippen molar-refractivity contribution in [3.63, 3.8) is 0 Å². The standard InChI is InChI=1S/C42H85IO11/c1-2-3-4-5-6-7-8-9-10-11-12-13-15-18-21-44-23-25-46-27-29-48-31-33-50-35-37-52-39-41-54-42-40-53-38-36-51-34-32-49-30-28-47-26-24-45-22-19-16-14-17-20-43/h2-42H2,1H3. The molecule has 11 nitrogen and oxygen atoms in total. The van der Waals surface area contributed by atoms with Crippen LogP contribution in [-0.2, 0) is 52.1 Å². The fraction of sp³-hybridized carbons (Fsp3) is 1.00. The van der Waals surface area contributed by atoms with Crippen LogP contribution in [0.5, 0.6) is 0 Å². The van der Waals surface area contributed by atoms with Crippen molar-refractivity contribution in [2.75, 3.05) is 150 Å². The molecule has 0 bridgehead atoms. The van der Waals surface area contributed by atoms with E-state index in [1.807, 2.05) is 0 Å². The molecule has 0 rings (SSSR count). The third-order valence-corrected chi connectivity index (χ3v) is 9.30. The van der Waals surface area contributed by atoms with Crippen molar-refractivity contribution in [2.45, 2.75) is 122 Å². The fourth-order valence-electron chi connectivity index (χ4n) is 5.35. The Kier molecular flexibility index (Phi) is 53.6.